The highest BCUT2D eigenvalue weighted by Crippen LogP contribution is 2.32. The fraction of sp³-hybridized carbons (Fsp3) is 0.882. The van der Waals surface area contributed by atoms with Crippen LogP contribution in [0.4, 0.5) is 0 Å². The molecule has 0 amide bonds. The van der Waals surface area contributed by atoms with Gasteiger partial charge in [-0.25, -0.2) is 0 Å². The van der Waals surface area contributed by atoms with E-state index in [0.717, 1.165) is 18.4 Å². The van der Waals surface area contributed by atoms with Crippen molar-refractivity contribution in [3.05, 3.63) is 12.2 Å². The van der Waals surface area contributed by atoms with Gasteiger partial charge >= 0.3 is 0 Å². The van der Waals surface area contributed by atoms with Gasteiger partial charge in [-0.15, -0.1) is 0 Å². The van der Waals surface area contributed by atoms with Crippen LogP contribution in [0.2, 0.25) is 0 Å². The summed E-state index contributed by atoms with van der Waals surface area (Å²) in [6.45, 7) is 3.02. The highest BCUT2D eigenvalue weighted by molar-refractivity contribution is 4.88. The van der Waals surface area contributed by atoms with Crippen molar-refractivity contribution in [3.63, 3.8) is 0 Å². The number of rotatable bonds is 9. The summed E-state index contributed by atoms with van der Waals surface area (Å²) in [6, 6.07) is 0. The van der Waals surface area contributed by atoms with E-state index in [9.17, 15) is 0 Å². The molecule has 0 bridgehead atoms. The standard InChI is InChI=1S/C17H33N/c1-2-9-16-11-13-17(14-12-16)10-7-5-3-4-6-8-15-18/h2,9,16-17H,3-8,10-15,18H2,1H3/b9-2+. The maximum absolute atomic E-state index is 5.49. The molecule has 1 aliphatic carbocycles. The first-order chi connectivity index (χ1) is 8.86. The molecule has 1 saturated carbocycles. The smallest absolute Gasteiger partial charge is 0.00773 e. The lowest BCUT2D eigenvalue weighted by molar-refractivity contribution is 0.288. The van der Waals surface area contributed by atoms with E-state index in [1.165, 1.54) is 70.6 Å². The van der Waals surface area contributed by atoms with Gasteiger partial charge in [0.25, 0.3) is 0 Å². The second kappa shape index (κ2) is 10.6. The number of hydrogen-bond acceptors (Lipinski definition) is 1. The van der Waals surface area contributed by atoms with E-state index >= 15 is 0 Å². The minimum atomic E-state index is 0.870. The van der Waals surface area contributed by atoms with Gasteiger partial charge in [-0.05, 0) is 57.4 Å². The molecule has 0 unspecified atom stereocenters. The van der Waals surface area contributed by atoms with Gasteiger partial charge in [-0.2, -0.15) is 0 Å². The first kappa shape index (κ1) is 15.8. The lowest BCUT2D eigenvalue weighted by atomic mass is 9.79. The average Bonchev–Trinajstić information content (AvgIpc) is 2.40. The molecule has 0 aliphatic heterocycles. The van der Waals surface area contributed by atoms with Crippen LogP contribution in [-0.2, 0) is 0 Å². The molecule has 2 N–H and O–H groups in total. The van der Waals surface area contributed by atoms with Crippen LogP contribution in [0.3, 0.4) is 0 Å². The maximum atomic E-state index is 5.49. The van der Waals surface area contributed by atoms with E-state index in [4.69, 9.17) is 5.73 Å². The third-order valence-electron chi connectivity index (χ3n) is 4.42. The van der Waals surface area contributed by atoms with E-state index in [1.54, 1.807) is 0 Å². The average molecular weight is 251 g/mol. The molecule has 0 aromatic rings. The largest absolute Gasteiger partial charge is 0.330 e. The van der Waals surface area contributed by atoms with Gasteiger partial charge in [0, 0.05) is 0 Å². The summed E-state index contributed by atoms with van der Waals surface area (Å²) in [5, 5.41) is 0. The van der Waals surface area contributed by atoms with Crippen LogP contribution < -0.4 is 5.73 Å². The number of hydrogen-bond donors (Lipinski definition) is 1. The Bertz CT molecular complexity index is 202. The Hall–Kier alpha value is -0.300. The summed E-state index contributed by atoms with van der Waals surface area (Å²) in [4.78, 5) is 0. The van der Waals surface area contributed by atoms with Crippen molar-refractivity contribution in [1.82, 2.24) is 0 Å². The van der Waals surface area contributed by atoms with Crippen LogP contribution in [-0.4, -0.2) is 6.54 Å². The van der Waals surface area contributed by atoms with Crippen LogP contribution in [0.15, 0.2) is 12.2 Å². The Labute approximate surface area is 114 Å². The third kappa shape index (κ3) is 7.20. The van der Waals surface area contributed by atoms with Crippen molar-refractivity contribution in [1.29, 1.82) is 0 Å². The van der Waals surface area contributed by atoms with Crippen molar-refractivity contribution in [2.24, 2.45) is 17.6 Å². The molecule has 0 radical (unpaired) electrons. The normalized spacial score (nSPS) is 24.8. The van der Waals surface area contributed by atoms with E-state index in [-0.39, 0.29) is 0 Å². The quantitative estimate of drug-likeness (QED) is 0.450. The zero-order valence-electron chi connectivity index (χ0n) is 12.4. The molecule has 0 aromatic heterocycles. The number of nitrogens with two attached hydrogens (primary N) is 1. The van der Waals surface area contributed by atoms with Crippen LogP contribution in [0.5, 0.6) is 0 Å². The molecule has 0 saturated heterocycles. The summed E-state index contributed by atoms with van der Waals surface area (Å²) < 4.78 is 0. The predicted octanol–water partition coefficient (Wildman–Crippen LogP) is 5.06. The number of unbranched alkanes of at least 4 members (excludes halogenated alkanes) is 5. The summed E-state index contributed by atoms with van der Waals surface area (Å²) in [5.74, 6) is 1.93. The van der Waals surface area contributed by atoms with Crippen molar-refractivity contribution in [2.45, 2.75) is 77.6 Å². The zero-order chi connectivity index (χ0) is 13.1. The van der Waals surface area contributed by atoms with Crippen molar-refractivity contribution in [2.75, 3.05) is 6.54 Å². The molecule has 1 nitrogen and oxygen atoms in total. The minimum absolute atomic E-state index is 0.870. The van der Waals surface area contributed by atoms with Crippen molar-refractivity contribution < 1.29 is 0 Å². The zero-order valence-corrected chi connectivity index (χ0v) is 12.4. The molecule has 106 valence electrons. The van der Waals surface area contributed by atoms with Gasteiger partial charge in [0.2, 0.25) is 0 Å². The van der Waals surface area contributed by atoms with Gasteiger partial charge in [-0.1, -0.05) is 50.7 Å². The Kier molecular flexibility index (Phi) is 9.28. The van der Waals surface area contributed by atoms with E-state index in [2.05, 4.69) is 19.1 Å². The van der Waals surface area contributed by atoms with Crippen molar-refractivity contribution in [3.8, 4) is 0 Å². The van der Waals surface area contributed by atoms with Crippen LogP contribution >= 0.6 is 0 Å². The highest BCUT2D eigenvalue weighted by atomic mass is 14.5. The molecule has 18 heavy (non-hydrogen) atoms. The molecule has 1 rings (SSSR count). The summed E-state index contributed by atoms with van der Waals surface area (Å²) >= 11 is 0. The van der Waals surface area contributed by atoms with Crippen LogP contribution in [0.25, 0.3) is 0 Å². The molecule has 0 spiro atoms. The second-order valence-electron chi connectivity index (χ2n) is 6.01. The molecule has 1 aliphatic rings. The highest BCUT2D eigenvalue weighted by Gasteiger charge is 2.18. The second-order valence-corrected chi connectivity index (χ2v) is 6.01. The topological polar surface area (TPSA) is 26.0 Å². The fourth-order valence-electron chi connectivity index (χ4n) is 3.23. The number of allylic oxidation sites excluding steroid dienone is 2. The Morgan fingerprint density at radius 1 is 0.889 bits per heavy atom. The minimum Gasteiger partial charge on any atom is -0.330 e. The third-order valence-corrected chi connectivity index (χ3v) is 4.42. The van der Waals surface area contributed by atoms with E-state index in [1.807, 2.05) is 0 Å². The first-order valence-electron chi connectivity index (χ1n) is 8.19. The van der Waals surface area contributed by atoms with Gasteiger partial charge in [-0.3, -0.25) is 0 Å². The van der Waals surface area contributed by atoms with E-state index < -0.39 is 0 Å². The molecule has 0 heterocycles. The van der Waals surface area contributed by atoms with Gasteiger partial charge in [0.15, 0.2) is 0 Å². The van der Waals surface area contributed by atoms with Gasteiger partial charge in [0.05, 0.1) is 0 Å². The molecule has 0 aromatic carbocycles. The SMILES string of the molecule is C/C=C/C1CCC(CCCCCCCCN)CC1. The first-order valence-corrected chi connectivity index (χ1v) is 8.19. The summed E-state index contributed by atoms with van der Waals surface area (Å²) in [5.41, 5.74) is 5.49. The van der Waals surface area contributed by atoms with Crippen molar-refractivity contribution >= 4 is 0 Å². The maximum Gasteiger partial charge on any atom is -0.00773 e. The summed E-state index contributed by atoms with van der Waals surface area (Å²) in [7, 11) is 0. The molecule has 1 heteroatoms. The Balaban J connectivity index is 1.91. The van der Waals surface area contributed by atoms with Gasteiger partial charge < -0.3 is 5.73 Å². The molecular formula is C17H33N. The molecule has 0 atom stereocenters. The molecule has 1 fully saturated rings. The fourth-order valence-corrected chi connectivity index (χ4v) is 3.23. The summed E-state index contributed by atoms with van der Waals surface area (Å²) in [6.07, 6.45) is 20.2. The Morgan fingerprint density at radius 2 is 1.50 bits per heavy atom. The monoisotopic (exact) mass is 251 g/mol. The predicted molar refractivity (Wildman–Crippen MR) is 81.6 cm³/mol. The lowest BCUT2D eigenvalue weighted by Crippen LogP contribution is -2.12. The van der Waals surface area contributed by atoms with E-state index in [0.29, 0.717) is 0 Å². The van der Waals surface area contributed by atoms with Gasteiger partial charge in [0.1, 0.15) is 0 Å². The van der Waals surface area contributed by atoms with Crippen LogP contribution in [0, 0.1) is 11.8 Å². The van der Waals surface area contributed by atoms with Crippen LogP contribution in [0.1, 0.15) is 77.6 Å². The molecular weight excluding hydrogens is 218 g/mol. The Morgan fingerprint density at radius 3 is 2.11 bits per heavy atom. The lowest BCUT2D eigenvalue weighted by Gasteiger charge is -2.26.